The number of hydrogen-bond acceptors (Lipinski definition) is 8. The minimum absolute atomic E-state index is 0.0560. The van der Waals surface area contributed by atoms with Gasteiger partial charge in [-0.05, 0) is 138 Å². The predicted molar refractivity (Wildman–Crippen MR) is 283 cm³/mol. The first-order chi connectivity index (χ1) is 34.3. The summed E-state index contributed by atoms with van der Waals surface area (Å²) in [5, 5.41) is 11.0. The lowest BCUT2D eigenvalue weighted by molar-refractivity contribution is -0.123. The molecule has 9 aromatic heterocycles. The fourth-order valence-electron chi connectivity index (χ4n) is 10.3. The maximum atomic E-state index is 13.5. The topological polar surface area (TPSA) is 152 Å². The normalized spacial score (nSPS) is 14.4. The molecule has 0 radical (unpaired) electrons. The van der Waals surface area contributed by atoms with Crippen LogP contribution in [0.1, 0.15) is 65.4 Å². The summed E-state index contributed by atoms with van der Waals surface area (Å²) in [4.78, 5) is 54.6. The number of nitrogens with one attached hydrogen (secondary N) is 1. The number of hydrogen-bond donors (Lipinski definition) is 2. The summed E-state index contributed by atoms with van der Waals surface area (Å²) < 4.78 is 20.1. The van der Waals surface area contributed by atoms with Crippen molar-refractivity contribution in [3.63, 3.8) is 0 Å². The summed E-state index contributed by atoms with van der Waals surface area (Å²) in [5.41, 5.74) is 14.3. The van der Waals surface area contributed by atoms with Gasteiger partial charge in [0.2, 0.25) is 0 Å². The number of aryl methyl sites for hydroxylation is 6. The van der Waals surface area contributed by atoms with Crippen molar-refractivity contribution in [2.24, 2.45) is 33.2 Å². The molecule has 0 atom stereocenters. The van der Waals surface area contributed by atoms with E-state index in [9.17, 15) is 19.5 Å². The van der Waals surface area contributed by atoms with Gasteiger partial charge in [-0.2, -0.15) is 0 Å². The third kappa shape index (κ3) is 6.94. The molecule has 2 N–H and O–H groups in total. The van der Waals surface area contributed by atoms with Crippen LogP contribution in [-0.4, -0.2) is 75.7 Å². The quantitative estimate of drug-likeness (QED) is 0.155. The number of H-pyrrole nitrogens is 1. The number of aromatic amines is 1. The highest BCUT2D eigenvalue weighted by Gasteiger charge is 2.47. The molecule has 16 heteroatoms. The van der Waals surface area contributed by atoms with Crippen LogP contribution >= 0.6 is 22.7 Å². The Kier molecular flexibility index (Phi) is 10.8. The zero-order valence-corrected chi connectivity index (χ0v) is 43.7. The lowest BCUT2D eigenvalue weighted by Crippen LogP contribution is -2.24. The number of thiophene rings is 2. The van der Waals surface area contributed by atoms with E-state index in [0.29, 0.717) is 45.1 Å². The summed E-state index contributed by atoms with van der Waals surface area (Å²) in [7, 11) is 11.4. The second kappa shape index (κ2) is 16.8. The van der Waals surface area contributed by atoms with Gasteiger partial charge in [-0.3, -0.25) is 14.4 Å². The van der Waals surface area contributed by atoms with E-state index in [4.69, 9.17) is 8.83 Å². The van der Waals surface area contributed by atoms with Crippen molar-refractivity contribution >= 4 is 57.5 Å². The number of rotatable bonds is 8. The number of furan rings is 2. The number of aromatic nitrogens is 5. The van der Waals surface area contributed by atoms with Gasteiger partial charge in [0, 0.05) is 53.7 Å². The first-order valence-corrected chi connectivity index (χ1v) is 25.0. The van der Waals surface area contributed by atoms with Gasteiger partial charge in [0.15, 0.2) is 5.88 Å². The number of amides is 3. The van der Waals surface area contributed by atoms with Crippen molar-refractivity contribution < 1.29 is 28.3 Å². The molecule has 0 fully saturated rings. The number of aliphatic imine (C=N–C) groups is 1. The monoisotopic (exact) mass is 996 g/mol. The van der Waals surface area contributed by atoms with Crippen LogP contribution in [0.15, 0.2) is 110 Å². The Hall–Kier alpha value is -8.08. The highest BCUT2D eigenvalue weighted by molar-refractivity contribution is 7.17. The van der Waals surface area contributed by atoms with Gasteiger partial charge in [0.1, 0.15) is 28.8 Å². The third-order valence-corrected chi connectivity index (χ3v) is 16.5. The van der Waals surface area contributed by atoms with Crippen LogP contribution in [-0.2, 0) is 37.8 Å². The molecule has 0 unspecified atom stereocenters. The molecule has 0 aliphatic carbocycles. The van der Waals surface area contributed by atoms with Crippen LogP contribution in [0.2, 0.25) is 0 Å². The Labute approximate surface area is 423 Å². The first kappa shape index (κ1) is 46.3. The molecule has 12 rings (SSSR count). The number of carbonyl (C=O) groups is 3. The van der Waals surface area contributed by atoms with E-state index in [2.05, 4.69) is 57.2 Å². The minimum atomic E-state index is -0.360. The van der Waals surface area contributed by atoms with Gasteiger partial charge >= 0.3 is 0 Å². The predicted octanol–water partition coefficient (Wildman–Crippen LogP) is 11.3. The van der Waals surface area contributed by atoms with Crippen molar-refractivity contribution in [3.8, 4) is 61.3 Å². The van der Waals surface area contributed by atoms with E-state index in [1.807, 2.05) is 126 Å². The van der Waals surface area contributed by atoms with Gasteiger partial charge in [0.25, 0.3) is 17.7 Å². The lowest BCUT2D eigenvalue weighted by Gasteiger charge is -2.18. The molecule has 3 aliphatic rings. The summed E-state index contributed by atoms with van der Waals surface area (Å²) >= 11 is 3.04. The van der Waals surface area contributed by atoms with Crippen molar-refractivity contribution in [1.82, 2.24) is 33.1 Å². The number of fused-ring (bicyclic) bond motifs is 2. The maximum Gasteiger partial charge on any atom is 0.280 e. The van der Waals surface area contributed by atoms with Crippen LogP contribution in [0.3, 0.4) is 0 Å². The van der Waals surface area contributed by atoms with Crippen molar-refractivity contribution in [3.05, 3.63) is 157 Å². The van der Waals surface area contributed by atoms with Crippen LogP contribution in [0.5, 0.6) is 5.88 Å². The molecular formula is C56H52N8O6S2. The standard InChI is InChI=1S/C28H28N6O2.C28H24N2O4S2/c1-15-7-9-17(31(15)3)19-11-13-21(33(19)5)25-23-24(28(36)29-25)26(30-27(23)35)22-14-12-20(34(22)6)18-10-8-16(2)32(18)4;1-13-11-15(3)33-25(13)19-9-7-17(35-19)23-21-22(28(32)29(23)5)24(30(6)27(21)31)18-8-10-20(36-18)26-14(2)12-16(4)34-26/h7-14,29,36H,1-6H3;7-12H,1-6H3. The Bertz CT molecular complexity index is 3770. The second-order valence-electron chi connectivity index (χ2n) is 18.8. The number of nitrogens with zero attached hydrogens (tertiary/aromatic N) is 7. The van der Waals surface area contributed by atoms with Crippen molar-refractivity contribution in [2.45, 2.75) is 41.5 Å². The Balaban J connectivity index is 0.000000156. The molecule has 0 spiro atoms. The van der Waals surface area contributed by atoms with E-state index < -0.39 is 0 Å². The first-order valence-electron chi connectivity index (χ1n) is 23.4. The molecule has 3 aliphatic heterocycles. The SMILES string of the molecule is Cc1cc(C)c(-c2ccc(C3=C4C(=O)N(C)C(c5ccc(-c6oc(C)cc6C)s5)=C4C(=O)N3C)s2)o1.Cc1ccc(-c2ccc(C3=NC(=O)c4c(-c5ccc(-c6ccc(C)n6C)n5C)[nH]c(O)c43)n2C)n1C. The molecule has 9 aromatic rings. The minimum Gasteiger partial charge on any atom is -0.494 e. The molecule has 0 saturated carbocycles. The van der Waals surface area contributed by atoms with Crippen LogP contribution in [0.4, 0.5) is 0 Å². The zero-order valence-electron chi connectivity index (χ0n) is 42.0. The van der Waals surface area contributed by atoms with Gasteiger partial charge in [-0.25, -0.2) is 4.99 Å². The number of carbonyl (C=O) groups excluding carboxylic acids is 3. The van der Waals surface area contributed by atoms with Crippen molar-refractivity contribution in [2.75, 3.05) is 14.1 Å². The molecule has 0 aromatic carbocycles. The molecular weight excluding hydrogens is 945 g/mol. The summed E-state index contributed by atoms with van der Waals surface area (Å²) in [6.45, 7) is 12.0. The van der Waals surface area contributed by atoms with E-state index in [0.717, 1.165) is 99.2 Å². The summed E-state index contributed by atoms with van der Waals surface area (Å²) in [6, 6.07) is 28.2. The van der Waals surface area contributed by atoms with Crippen LogP contribution < -0.4 is 0 Å². The van der Waals surface area contributed by atoms with Gasteiger partial charge in [-0.15, -0.1) is 22.7 Å². The molecule has 72 heavy (non-hydrogen) atoms. The number of aromatic hydroxyl groups is 1. The molecule has 0 bridgehead atoms. The largest absolute Gasteiger partial charge is 0.494 e. The lowest BCUT2D eigenvalue weighted by atomic mass is 10.1. The molecule has 364 valence electrons. The summed E-state index contributed by atoms with van der Waals surface area (Å²) in [5.74, 6) is 2.58. The Morgan fingerprint density at radius 2 is 0.903 bits per heavy atom. The summed E-state index contributed by atoms with van der Waals surface area (Å²) in [6.07, 6.45) is 0. The highest BCUT2D eigenvalue weighted by Crippen LogP contribution is 2.49. The van der Waals surface area contributed by atoms with Crippen molar-refractivity contribution in [1.29, 1.82) is 0 Å². The smallest absolute Gasteiger partial charge is 0.280 e. The Morgan fingerprint density at radius 3 is 1.33 bits per heavy atom. The number of likely N-dealkylation sites (N-methyl/N-ethyl adjacent to an activating group) is 2. The van der Waals surface area contributed by atoms with E-state index in [-0.39, 0.29) is 23.6 Å². The maximum absolute atomic E-state index is 13.5. The van der Waals surface area contributed by atoms with Crippen LogP contribution in [0, 0.1) is 41.5 Å². The van der Waals surface area contributed by atoms with E-state index in [1.165, 1.54) is 22.7 Å². The average Bonchev–Trinajstić information content (AvgIpc) is 4.19. The third-order valence-electron chi connectivity index (χ3n) is 14.3. The molecule has 3 amide bonds. The van der Waals surface area contributed by atoms with Crippen LogP contribution in [0.25, 0.3) is 66.8 Å². The molecule has 14 nitrogen and oxygen atoms in total. The fraction of sp³-hybridized carbons (Fsp3) is 0.214. The molecule has 12 heterocycles. The second-order valence-corrected chi connectivity index (χ2v) is 20.9. The van der Waals surface area contributed by atoms with E-state index >= 15 is 0 Å². The van der Waals surface area contributed by atoms with Gasteiger partial charge in [0.05, 0.1) is 93.0 Å². The highest BCUT2D eigenvalue weighted by atomic mass is 32.1. The Morgan fingerprint density at radius 1 is 0.500 bits per heavy atom. The zero-order chi connectivity index (χ0) is 50.9. The molecule has 0 saturated heterocycles. The fourth-order valence-corrected chi connectivity index (χ4v) is 12.6. The van der Waals surface area contributed by atoms with E-state index in [1.54, 1.807) is 23.9 Å². The van der Waals surface area contributed by atoms with Gasteiger partial charge < -0.3 is 47.0 Å². The van der Waals surface area contributed by atoms with Gasteiger partial charge in [-0.1, -0.05) is 0 Å². The average molecular weight is 997 g/mol.